The summed E-state index contributed by atoms with van der Waals surface area (Å²) in [5, 5.41) is 6.42. The van der Waals surface area contributed by atoms with Gasteiger partial charge in [0.25, 0.3) is 0 Å². The average Bonchev–Trinajstić information content (AvgIpc) is 2.95. The molecular formula is C19H27N3O3. The SMILES string of the molecule is C[C@H]1C[C@@H](C(=O)NC2CC(=O)N(CCOc3ccccc3)C2)CCN1. The number of likely N-dealkylation sites (tertiary alicyclic amines) is 1. The van der Waals surface area contributed by atoms with Gasteiger partial charge in [-0.25, -0.2) is 0 Å². The second kappa shape index (κ2) is 8.34. The summed E-state index contributed by atoms with van der Waals surface area (Å²) in [7, 11) is 0. The number of amides is 2. The maximum absolute atomic E-state index is 12.4. The highest BCUT2D eigenvalue weighted by molar-refractivity contribution is 5.83. The smallest absolute Gasteiger partial charge is 0.224 e. The van der Waals surface area contributed by atoms with Crippen molar-refractivity contribution in [2.45, 2.75) is 38.3 Å². The van der Waals surface area contributed by atoms with E-state index in [2.05, 4.69) is 17.6 Å². The highest BCUT2D eigenvalue weighted by Crippen LogP contribution is 2.18. The zero-order valence-corrected chi connectivity index (χ0v) is 14.7. The van der Waals surface area contributed by atoms with Gasteiger partial charge in [-0.05, 0) is 38.4 Å². The first-order valence-electron chi connectivity index (χ1n) is 9.11. The minimum absolute atomic E-state index is 0.0572. The molecule has 1 unspecified atom stereocenters. The minimum Gasteiger partial charge on any atom is -0.492 e. The van der Waals surface area contributed by atoms with E-state index in [0.717, 1.165) is 25.1 Å². The molecule has 2 fully saturated rings. The molecule has 25 heavy (non-hydrogen) atoms. The Bertz CT molecular complexity index is 593. The zero-order chi connectivity index (χ0) is 17.6. The summed E-state index contributed by atoms with van der Waals surface area (Å²) in [6, 6.07) is 9.87. The van der Waals surface area contributed by atoms with Crippen molar-refractivity contribution in [3.05, 3.63) is 30.3 Å². The van der Waals surface area contributed by atoms with Crippen molar-refractivity contribution in [1.82, 2.24) is 15.5 Å². The van der Waals surface area contributed by atoms with Crippen LogP contribution in [0.15, 0.2) is 30.3 Å². The number of rotatable bonds is 6. The Balaban J connectivity index is 1.41. The fourth-order valence-corrected chi connectivity index (χ4v) is 3.56. The highest BCUT2D eigenvalue weighted by atomic mass is 16.5. The van der Waals surface area contributed by atoms with Crippen molar-refractivity contribution in [2.75, 3.05) is 26.2 Å². The standard InChI is InChI=1S/C19H27N3O3/c1-14-11-15(7-8-20-14)19(24)21-16-12-18(23)22(13-16)9-10-25-17-5-3-2-4-6-17/h2-6,14-16,20H,7-13H2,1H3,(H,21,24)/t14-,15-,16?/m0/s1. The van der Waals surface area contributed by atoms with Crippen molar-refractivity contribution in [3.63, 3.8) is 0 Å². The van der Waals surface area contributed by atoms with Crippen LogP contribution in [0.25, 0.3) is 0 Å². The molecule has 2 aliphatic heterocycles. The van der Waals surface area contributed by atoms with E-state index in [9.17, 15) is 9.59 Å². The lowest BCUT2D eigenvalue weighted by Gasteiger charge is -2.28. The quantitative estimate of drug-likeness (QED) is 0.812. The normalized spacial score (nSPS) is 26.5. The largest absolute Gasteiger partial charge is 0.492 e. The highest BCUT2D eigenvalue weighted by Gasteiger charge is 2.33. The van der Waals surface area contributed by atoms with Crippen molar-refractivity contribution in [3.8, 4) is 5.75 Å². The summed E-state index contributed by atoms with van der Waals surface area (Å²) >= 11 is 0. The van der Waals surface area contributed by atoms with Crippen LogP contribution in [-0.2, 0) is 9.59 Å². The van der Waals surface area contributed by atoms with E-state index in [4.69, 9.17) is 4.74 Å². The summed E-state index contributed by atoms with van der Waals surface area (Å²) < 4.78 is 5.65. The van der Waals surface area contributed by atoms with Crippen LogP contribution in [0.1, 0.15) is 26.2 Å². The van der Waals surface area contributed by atoms with Gasteiger partial charge in [0.1, 0.15) is 12.4 Å². The lowest BCUT2D eigenvalue weighted by molar-refractivity contribution is -0.128. The second-order valence-electron chi connectivity index (χ2n) is 6.99. The molecule has 6 heteroatoms. The molecule has 3 atom stereocenters. The topological polar surface area (TPSA) is 70.7 Å². The summed E-state index contributed by atoms with van der Waals surface area (Å²) in [5.41, 5.74) is 0. The number of hydrogen-bond acceptors (Lipinski definition) is 4. The van der Waals surface area contributed by atoms with Crippen molar-refractivity contribution < 1.29 is 14.3 Å². The molecular weight excluding hydrogens is 318 g/mol. The number of para-hydroxylation sites is 1. The number of nitrogens with one attached hydrogen (secondary N) is 2. The maximum atomic E-state index is 12.4. The third-order valence-electron chi connectivity index (χ3n) is 4.93. The van der Waals surface area contributed by atoms with Crippen LogP contribution in [0, 0.1) is 5.92 Å². The first-order valence-corrected chi connectivity index (χ1v) is 9.11. The van der Waals surface area contributed by atoms with E-state index in [-0.39, 0.29) is 23.8 Å². The number of nitrogens with zero attached hydrogens (tertiary/aromatic N) is 1. The van der Waals surface area contributed by atoms with Crippen LogP contribution >= 0.6 is 0 Å². The molecule has 1 aromatic rings. The maximum Gasteiger partial charge on any atom is 0.224 e. The molecule has 0 saturated carbocycles. The van der Waals surface area contributed by atoms with Gasteiger partial charge in [-0.2, -0.15) is 0 Å². The van der Waals surface area contributed by atoms with Gasteiger partial charge in [-0.1, -0.05) is 18.2 Å². The Kier molecular flexibility index (Phi) is 5.91. The van der Waals surface area contributed by atoms with Gasteiger partial charge in [-0.3, -0.25) is 9.59 Å². The van der Waals surface area contributed by atoms with Crippen LogP contribution in [0.5, 0.6) is 5.75 Å². The molecule has 136 valence electrons. The number of ether oxygens (including phenoxy) is 1. The van der Waals surface area contributed by atoms with E-state index < -0.39 is 0 Å². The molecule has 2 saturated heterocycles. The average molecular weight is 345 g/mol. The van der Waals surface area contributed by atoms with Gasteiger partial charge in [-0.15, -0.1) is 0 Å². The van der Waals surface area contributed by atoms with Crippen LogP contribution in [0.4, 0.5) is 0 Å². The zero-order valence-electron chi connectivity index (χ0n) is 14.7. The van der Waals surface area contributed by atoms with Crippen LogP contribution < -0.4 is 15.4 Å². The van der Waals surface area contributed by atoms with E-state index in [1.165, 1.54) is 0 Å². The van der Waals surface area contributed by atoms with Crippen molar-refractivity contribution in [1.29, 1.82) is 0 Å². The van der Waals surface area contributed by atoms with Gasteiger partial charge in [0.15, 0.2) is 0 Å². The summed E-state index contributed by atoms with van der Waals surface area (Å²) in [4.78, 5) is 26.3. The van der Waals surface area contributed by atoms with Gasteiger partial charge < -0.3 is 20.3 Å². The van der Waals surface area contributed by atoms with E-state index >= 15 is 0 Å². The Morgan fingerprint density at radius 1 is 1.36 bits per heavy atom. The number of piperidine rings is 1. The molecule has 3 rings (SSSR count). The first-order chi connectivity index (χ1) is 12.1. The summed E-state index contributed by atoms with van der Waals surface area (Å²) in [6.45, 7) is 4.56. The lowest BCUT2D eigenvalue weighted by atomic mass is 9.92. The second-order valence-corrected chi connectivity index (χ2v) is 6.99. The molecule has 2 heterocycles. The predicted octanol–water partition coefficient (Wildman–Crippen LogP) is 1.17. The molecule has 2 aliphatic rings. The fraction of sp³-hybridized carbons (Fsp3) is 0.579. The first kappa shape index (κ1) is 17.7. The predicted molar refractivity (Wildman–Crippen MR) is 95.3 cm³/mol. The monoisotopic (exact) mass is 345 g/mol. The lowest BCUT2D eigenvalue weighted by Crippen LogP contribution is -2.46. The van der Waals surface area contributed by atoms with Crippen molar-refractivity contribution >= 4 is 11.8 Å². The van der Waals surface area contributed by atoms with Crippen LogP contribution in [0.2, 0.25) is 0 Å². The summed E-state index contributed by atoms with van der Waals surface area (Å²) in [5.74, 6) is 1.04. The molecule has 0 radical (unpaired) electrons. The van der Waals surface area contributed by atoms with Gasteiger partial charge in [0.2, 0.25) is 11.8 Å². The molecule has 0 bridgehead atoms. The van der Waals surface area contributed by atoms with Crippen LogP contribution in [-0.4, -0.2) is 55.0 Å². The molecule has 6 nitrogen and oxygen atoms in total. The van der Waals surface area contributed by atoms with Gasteiger partial charge in [0.05, 0.1) is 12.6 Å². The molecule has 2 N–H and O–H groups in total. The van der Waals surface area contributed by atoms with Gasteiger partial charge >= 0.3 is 0 Å². The molecule has 2 amide bonds. The Morgan fingerprint density at radius 2 is 2.16 bits per heavy atom. The third-order valence-corrected chi connectivity index (χ3v) is 4.93. The van der Waals surface area contributed by atoms with E-state index in [0.29, 0.717) is 32.2 Å². The number of hydrogen-bond donors (Lipinski definition) is 2. The van der Waals surface area contributed by atoms with E-state index in [1.807, 2.05) is 30.3 Å². The Morgan fingerprint density at radius 3 is 2.92 bits per heavy atom. The fourth-order valence-electron chi connectivity index (χ4n) is 3.56. The van der Waals surface area contributed by atoms with Crippen molar-refractivity contribution in [2.24, 2.45) is 5.92 Å². The molecule has 0 spiro atoms. The number of carbonyl (C=O) groups excluding carboxylic acids is 2. The van der Waals surface area contributed by atoms with Crippen LogP contribution in [0.3, 0.4) is 0 Å². The van der Waals surface area contributed by atoms with E-state index in [1.54, 1.807) is 4.90 Å². The Labute approximate surface area is 148 Å². The number of carbonyl (C=O) groups is 2. The molecule has 0 aliphatic carbocycles. The minimum atomic E-state index is -0.0816. The summed E-state index contributed by atoms with van der Waals surface area (Å²) in [6.07, 6.45) is 2.12. The number of benzene rings is 1. The molecule has 0 aromatic heterocycles. The molecule has 1 aromatic carbocycles. The Hall–Kier alpha value is -2.08. The van der Waals surface area contributed by atoms with Gasteiger partial charge in [0, 0.05) is 24.9 Å². The third kappa shape index (κ3) is 4.95.